The minimum absolute atomic E-state index is 0.0497. The molecule has 1 saturated heterocycles. The van der Waals surface area contributed by atoms with E-state index in [1.165, 1.54) is 19.2 Å². The molecule has 0 spiro atoms. The summed E-state index contributed by atoms with van der Waals surface area (Å²) in [5.41, 5.74) is 0.396. The van der Waals surface area contributed by atoms with Gasteiger partial charge >= 0.3 is 5.69 Å². The zero-order valence-corrected chi connectivity index (χ0v) is 11.5. The maximum atomic E-state index is 12.2. The second-order valence-corrected chi connectivity index (χ2v) is 4.50. The lowest BCUT2D eigenvalue weighted by molar-refractivity contribution is -0.385. The Morgan fingerprint density at radius 3 is 2.90 bits per heavy atom. The van der Waals surface area contributed by atoms with E-state index in [9.17, 15) is 14.9 Å². The fourth-order valence-corrected chi connectivity index (χ4v) is 2.36. The van der Waals surface area contributed by atoms with Crippen LogP contribution in [0.4, 0.5) is 11.4 Å². The van der Waals surface area contributed by atoms with Crippen LogP contribution in [-0.2, 0) is 4.79 Å². The number of hydrogen-bond donors (Lipinski definition) is 1. The minimum atomic E-state index is -0.509. The third-order valence-corrected chi connectivity index (χ3v) is 3.33. The van der Waals surface area contributed by atoms with Crippen LogP contribution in [-0.4, -0.2) is 37.1 Å². The van der Waals surface area contributed by atoms with Crippen molar-refractivity contribution >= 4 is 17.3 Å². The van der Waals surface area contributed by atoms with E-state index in [1.807, 2.05) is 6.92 Å². The van der Waals surface area contributed by atoms with Crippen LogP contribution in [0.1, 0.15) is 13.3 Å². The Bertz CT molecular complexity index is 532. The van der Waals surface area contributed by atoms with Gasteiger partial charge < -0.3 is 15.0 Å². The number of anilines is 1. The Hall–Kier alpha value is -2.15. The summed E-state index contributed by atoms with van der Waals surface area (Å²) in [6.45, 7) is 3.21. The van der Waals surface area contributed by atoms with Crippen molar-refractivity contribution in [3.8, 4) is 5.75 Å². The summed E-state index contributed by atoms with van der Waals surface area (Å²) in [6.07, 6.45) is 0.701. The summed E-state index contributed by atoms with van der Waals surface area (Å²) in [6, 6.07) is 4.35. The number of benzene rings is 1. The van der Waals surface area contributed by atoms with Gasteiger partial charge in [0.15, 0.2) is 5.75 Å². The summed E-state index contributed by atoms with van der Waals surface area (Å²) < 4.78 is 4.95. The Labute approximate surface area is 116 Å². The molecule has 1 aliphatic rings. The number of nitrogens with zero attached hydrogens (tertiary/aromatic N) is 2. The third-order valence-electron chi connectivity index (χ3n) is 3.33. The van der Waals surface area contributed by atoms with E-state index in [-0.39, 0.29) is 23.4 Å². The lowest BCUT2D eigenvalue weighted by Gasteiger charge is -2.17. The van der Waals surface area contributed by atoms with Crippen LogP contribution in [0.5, 0.6) is 5.75 Å². The average Bonchev–Trinajstić information content (AvgIpc) is 2.80. The molecule has 1 aliphatic heterocycles. The Balaban J connectivity index is 2.28. The number of nitrogens with one attached hydrogen (secondary N) is 1. The van der Waals surface area contributed by atoms with Crippen molar-refractivity contribution in [2.75, 3.05) is 25.1 Å². The number of nitro groups is 1. The Kier molecular flexibility index (Phi) is 4.19. The molecule has 108 valence electrons. The van der Waals surface area contributed by atoms with Crippen molar-refractivity contribution in [1.29, 1.82) is 0 Å². The van der Waals surface area contributed by atoms with E-state index in [0.717, 1.165) is 0 Å². The van der Waals surface area contributed by atoms with Gasteiger partial charge in [-0.25, -0.2) is 0 Å². The van der Waals surface area contributed by atoms with Crippen molar-refractivity contribution in [2.24, 2.45) is 0 Å². The summed E-state index contributed by atoms with van der Waals surface area (Å²) in [4.78, 5) is 24.3. The van der Waals surface area contributed by atoms with E-state index in [2.05, 4.69) is 5.32 Å². The SMILES string of the molecule is CCNC1CCN(c2ccc(OC)c([N+](=O)[O-])c2)C1=O. The number of rotatable bonds is 5. The quantitative estimate of drug-likeness (QED) is 0.649. The number of carbonyl (C=O) groups is 1. The molecule has 0 aliphatic carbocycles. The van der Waals surface area contributed by atoms with Gasteiger partial charge in [0.25, 0.3) is 0 Å². The molecule has 0 aromatic heterocycles. The predicted molar refractivity (Wildman–Crippen MR) is 74.1 cm³/mol. The molecule has 1 amide bonds. The number of ether oxygens (including phenoxy) is 1. The predicted octanol–water partition coefficient (Wildman–Crippen LogP) is 1.32. The molecule has 0 radical (unpaired) electrons. The van der Waals surface area contributed by atoms with Crippen molar-refractivity contribution in [3.63, 3.8) is 0 Å². The van der Waals surface area contributed by atoms with Crippen LogP contribution in [0, 0.1) is 10.1 Å². The first-order valence-electron chi connectivity index (χ1n) is 6.45. The van der Waals surface area contributed by atoms with Crippen LogP contribution >= 0.6 is 0 Å². The Morgan fingerprint density at radius 2 is 2.30 bits per heavy atom. The number of amides is 1. The standard InChI is InChI=1S/C13H17N3O4/c1-3-14-10-6-7-15(13(10)17)9-4-5-12(20-2)11(8-9)16(18)19/h4-5,8,10,14H,3,6-7H2,1-2H3. The summed E-state index contributed by atoms with van der Waals surface area (Å²) in [5.74, 6) is 0.139. The molecule has 7 heteroatoms. The van der Waals surface area contributed by atoms with Crippen LogP contribution in [0.25, 0.3) is 0 Å². The fourth-order valence-electron chi connectivity index (χ4n) is 2.36. The van der Waals surface area contributed by atoms with Crippen molar-refractivity contribution in [2.45, 2.75) is 19.4 Å². The maximum Gasteiger partial charge on any atom is 0.312 e. The molecular formula is C13H17N3O4. The van der Waals surface area contributed by atoms with E-state index >= 15 is 0 Å². The highest BCUT2D eigenvalue weighted by molar-refractivity contribution is 5.99. The van der Waals surface area contributed by atoms with Gasteiger partial charge in [-0.3, -0.25) is 14.9 Å². The first-order valence-corrected chi connectivity index (χ1v) is 6.45. The molecule has 1 unspecified atom stereocenters. The molecule has 1 N–H and O–H groups in total. The summed E-state index contributed by atoms with van der Waals surface area (Å²) in [7, 11) is 1.38. The molecular weight excluding hydrogens is 262 g/mol. The van der Waals surface area contributed by atoms with Crippen molar-refractivity contribution < 1.29 is 14.5 Å². The van der Waals surface area contributed by atoms with Gasteiger partial charge in [-0.1, -0.05) is 6.92 Å². The lowest BCUT2D eigenvalue weighted by Crippen LogP contribution is -2.38. The van der Waals surface area contributed by atoms with Crippen LogP contribution in [0.2, 0.25) is 0 Å². The molecule has 1 fully saturated rings. The zero-order valence-electron chi connectivity index (χ0n) is 11.5. The molecule has 0 bridgehead atoms. The zero-order chi connectivity index (χ0) is 14.7. The monoisotopic (exact) mass is 279 g/mol. The van der Waals surface area contributed by atoms with E-state index in [4.69, 9.17) is 4.74 Å². The topological polar surface area (TPSA) is 84.7 Å². The minimum Gasteiger partial charge on any atom is -0.490 e. The molecule has 1 aromatic rings. The van der Waals surface area contributed by atoms with E-state index < -0.39 is 4.92 Å². The highest BCUT2D eigenvalue weighted by atomic mass is 16.6. The first-order chi connectivity index (χ1) is 9.58. The molecule has 0 saturated carbocycles. The molecule has 1 heterocycles. The van der Waals surface area contributed by atoms with Crippen molar-refractivity contribution in [1.82, 2.24) is 5.32 Å². The normalized spacial score (nSPS) is 18.4. The molecule has 2 rings (SSSR count). The highest BCUT2D eigenvalue weighted by Gasteiger charge is 2.32. The van der Waals surface area contributed by atoms with Gasteiger partial charge in [0.2, 0.25) is 5.91 Å². The second kappa shape index (κ2) is 5.87. The highest BCUT2D eigenvalue weighted by Crippen LogP contribution is 2.32. The number of methoxy groups -OCH3 is 1. The molecule has 1 atom stereocenters. The smallest absolute Gasteiger partial charge is 0.312 e. The number of hydrogen-bond acceptors (Lipinski definition) is 5. The van der Waals surface area contributed by atoms with E-state index in [0.29, 0.717) is 25.2 Å². The number of likely N-dealkylation sites (N-methyl/N-ethyl adjacent to an activating group) is 1. The molecule has 1 aromatic carbocycles. The first kappa shape index (κ1) is 14.3. The van der Waals surface area contributed by atoms with Crippen LogP contribution in [0.3, 0.4) is 0 Å². The van der Waals surface area contributed by atoms with Crippen LogP contribution < -0.4 is 15.0 Å². The van der Waals surface area contributed by atoms with Gasteiger partial charge in [0.1, 0.15) is 0 Å². The molecule has 20 heavy (non-hydrogen) atoms. The summed E-state index contributed by atoms with van der Waals surface area (Å²) in [5, 5.41) is 14.1. The number of carbonyl (C=O) groups excluding carboxylic acids is 1. The average molecular weight is 279 g/mol. The van der Waals surface area contributed by atoms with Crippen molar-refractivity contribution in [3.05, 3.63) is 28.3 Å². The summed E-state index contributed by atoms with van der Waals surface area (Å²) >= 11 is 0. The van der Waals surface area contributed by atoms with Gasteiger partial charge in [0, 0.05) is 12.6 Å². The fraction of sp³-hybridized carbons (Fsp3) is 0.462. The lowest BCUT2D eigenvalue weighted by atomic mass is 10.2. The van der Waals surface area contributed by atoms with Gasteiger partial charge in [0.05, 0.1) is 23.8 Å². The third kappa shape index (κ3) is 2.57. The largest absolute Gasteiger partial charge is 0.490 e. The van der Waals surface area contributed by atoms with Crippen LogP contribution in [0.15, 0.2) is 18.2 Å². The molecule has 7 nitrogen and oxygen atoms in total. The second-order valence-electron chi connectivity index (χ2n) is 4.50. The Morgan fingerprint density at radius 1 is 1.55 bits per heavy atom. The van der Waals surface area contributed by atoms with E-state index in [1.54, 1.807) is 11.0 Å². The van der Waals surface area contributed by atoms with Gasteiger partial charge in [-0.15, -0.1) is 0 Å². The maximum absolute atomic E-state index is 12.2. The van der Waals surface area contributed by atoms with Gasteiger partial charge in [-0.2, -0.15) is 0 Å². The number of nitro benzene ring substituents is 1. The van der Waals surface area contributed by atoms with Gasteiger partial charge in [-0.05, 0) is 25.1 Å².